The molecular weight excluding hydrogens is 445 g/mol. The smallest absolute Gasteiger partial charge is 0.193 e. The highest BCUT2D eigenvalue weighted by atomic mass is 127. The number of aryl methyl sites for hydroxylation is 1. The van der Waals surface area contributed by atoms with Gasteiger partial charge in [0, 0.05) is 31.4 Å². The fourth-order valence-corrected chi connectivity index (χ4v) is 3.32. The second-order valence-corrected chi connectivity index (χ2v) is 6.82. The van der Waals surface area contributed by atoms with Crippen LogP contribution in [0.25, 0.3) is 4.96 Å². The molecule has 2 aromatic heterocycles. The molecule has 1 aromatic carbocycles. The van der Waals surface area contributed by atoms with Crippen LogP contribution in [0.4, 0.5) is 0 Å². The molecule has 0 bridgehead atoms. The van der Waals surface area contributed by atoms with Gasteiger partial charge in [0.25, 0.3) is 0 Å². The largest absolute Gasteiger partial charge is 0.356 e. The monoisotopic (exact) mass is 469 g/mol. The van der Waals surface area contributed by atoms with Crippen LogP contribution in [0.3, 0.4) is 0 Å². The molecule has 2 heterocycles. The van der Waals surface area contributed by atoms with Crippen LogP contribution in [0.5, 0.6) is 0 Å². The number of aliphatic imine (C=N–C) groups is 1. The Kier molecular flexibility index (Phi) is 7.24. The van der Waals surface area contributed by atoms with Crippen molar-refractivity contribution in [3.63, 3.8) is 0 Å². The number of nitrogens with zero attached hydrogens (tertiary/aromatic N) is 3. The van der Waals surface area contributed by atoms with E-state index in [4.69, 9.17) is 0 Å². The molecular formula is C18H24IN5S. The van der Waals surface area contributed by atoms with Crippen molar-refractivity contribution in [2.45, 2.75) is 26.3 Å². The molecule has 0 aliphatic heterocycles. The fourth-order valence-electron chi connectivity index (χ4n) is 2.60. The number of fused-ring (bicyclic) bond motifs is 1. The molecule has 0 amide bonds. The maximum absolute atomic E-state index is 4.57. The van der Waals surface area contributed by atoms with Crippen molar-refractivity contribution in [1.82, 2.24) is 20.0 Å². The quantitative estimate of drug-likeness (QED) is 0.340. The summed E-state index contributed by atoms with van der Waals surface area (Å²) >= 11 is 1.64. The first kappa shape index (κ1) is 19.7. The Balaban J connectivity index is 0.00000225. The van der Waals surface area contributed by atoms with Gasteiger partial charge in [0.1, 0.15) is 0 Å². The van der Waals surface area contributed by atoms with Gasteiger partial charge in [-0.05, 0) is 18.4 Å². The minimum Gasteiger partial charge on any atom is -0.356 e. The van der Waals surface area contributed by atoms with Gasteiger partial charge >= 0.3 is 0 Å². The second kappa shape index (κ2) is 9.19. The van der Waals surface area contributed by atoms with Crippen LogP contribution in [-0.4, -0.2) is 28.9 Å². The summed E-state index contributed by atoms with van der Waals surface area (Å²) in [7, 11) is 1.79. The summed E-state index contributed by atoms with van der Waals surface area (Å²) in [6.07, 6.45) is 4.06. The molecule has 1 unspecified atom stereocenters. The second-order valence-electron chi connectivity index (χ2n) is 5.95. The number of thiazole rings is 1. The minimum atomic E-state index is 0. The van der Waals surface area contributed by atoms with E-state index in [0.717, 1.165) is 23.2 Å². The highest BCUT2D eigenvalue weighted by Gasteiger charge is 2.08. The Morgan fingerprint density at radius 3 is 2.92 bits per heavy atom. The topological polar surface area (TPSA) is 53.7 Å². The number of nitrogens with one attached hydrogen (secondary N) is 2. The first-order valence-electron chi connectivity index (χ1n) is 8.08. The highest BCUT2D eigenvalue weighted by molar-refractivity contribution is 14.0. The van der Waals surface area contributed by atoms with Crippen LogP contribution in [0.1, 0.15) is 29.7 Å². The van der Waals surface area contributed by atoms with Gasteiger partial charge in [0.15, 0.2) is 10.9 Å². The molecule has 2 N–H and O–H groups in total. The molecule has 3 aromatic rings. The van der Waals surface area contributed by atoms with E-state index in [1.165, 1.54) is 11.1 Å². The van der Waals surface area contributed by atoms with Gasteiger partial charge in [-0.25, -0.2) is 4.98 Å². The Morgan fingerprint density at radius 1 is 1.36 bits per heavy atom. The number of aromatic nitrogens is 2. The number of rotatable bonds is 5. The lowest BCUT2D eigenvalue weighted by Gasteiger charge is -2.16. The predicted molar refractivity (Wildman–Crippen MR) is 116 cm³/mol. The summed E-state index contributed by atoms with van der Waals surface area (Å²) in [5.41, 5.74) is 3.64. The normalized spacial score (nSPS) is 12.7. The van der Waals surface area contributed by atoms with Crippen molar-refractivity contribution >= 4 is 46.2 Å². The fraction of sp³-hybridized carbons (Fsp3) is 0.333. The van der Waals surface area contributed by atoms with Gasteiger partial charge in [-0.3, -0.25) is 9.39 Å². The Hall–Kier alpha value is -1.61. The molecule has 0 fully saturated rings. The van der Waals surface area contributed by atoms with E-state index in [2.05, 4.69) is 58.7 Å². The molecule has 0 saturated heterocycles. The lowest BCUT2D eigenvalue weighted by molar-refractivity contribution is 0.697. The molecule has 0 aliphatic rings. The van der Waals surface area contributed by atoms with Crippen LogP contribution in [0, 0.1) is 6.92 Å². The van der Waals surface area contributed by atoms with Crippen LogP contribution in [0.15, 0.2) is 47.0 Å². The minimum absolute atomic E-state index is 0. The summed E-state index contributed by atoms with van der Waals surface area (Å²) in [4.78, 5) is 9.87. The Bertz CT molecular complexity index is 810. The Morgan fingerprint density at radius 2 is 2.20 bits per heavy atom. The standard InChI is InChI=1S/C18H23N5S.HI/c1-13-5-4-6-15(9-13)14(2)10-20-17(19-3)21-11-16-12-23-7-8-24-18(23)22-16;/h4-9,12,14H,10-11H2,1-3H3,(H2,19,20,21);1H. The molecule has 0 saturated carbocycles. The molecule has 0 spiro atoms. The molecule has 0 radical (unpaired) electrons. The number of guanidine groups is 1. The van der Waals surface area contributed by atoms with E-state index in [1.807, 2.05) is 22.2 Å². The summed E-state index contributed by atoms with van der Waals surface area (Å²) < 4.78 is 2.04. The lowest BCUT2D eigenvalue weighted by Crippen LogP contribution is -2.38. The van der Waals surface area contributed by atoms with Crippen molar-refractivity contribution in [3.8, 4) is 0 Å². The average Bonchev–Trinajstić information content (AvgIpc) is 3.16. The lowest BCUT2D eigenvalue weighted by atomic mass is 9.99. The van der Waals surface area contributed by atoms with Gasteiger partial charge in [-0.15, -0.1) is 35.3 Å². The number of imidazole rings is 1. The summed E-state index contributed by atoms with van der Waals surface area (Å²) in [6, 6.07) is 8.65. The summed E-state index contributed by atoms with van der Waals surface area (Å²) in [5, 5.41) is 8.75. The third-order valence-corrected chi connectivity index (χ3v) is 4.76. The summed E-state index contributed by atoms with van der Waals surface area (Å²) in [6.45, 7) is 5.84. The van der Waals surface area contributed by atoms with Crippen LogP contribution in [-0.2, 0) is 6.54 Å². The zero-order valence-corrected chi connectivity index (χ0v) is 17.8. The van der Waals surface area contributed by atoms with Gasteiger partial charge in [-0.2, -0.15) is 0 Å². The molecule has 5 nitrogen and oxygen atoms in total. The van der Waals surface area contributed by atoms with E-state index in [9.17, 15) is 0 Å². The third-order valence-electron chi connectivity index (χ3n) is 3.99. The van der Waals surface area contributed by atoms with Crippen LogP contribution in [0.2, 0.25) is 0 Å². The van der Waals surface area contributed by atoms with Crippen molar-refractivity contribution in [3.05, 3.63) is 58.9 Å². The van der Waals surface area contributed by atoms with Gasteiger partial charge < -0.3 is 10.6 Å². The van der Waals surface area contributed by atoms with Gasteiger partial charge in [0.2, 0.25) is 0 Å². The van der Waals surface area contributed by atoms with E-state index in [-0.39, 0.29) is 24.0 Å². The molecule has 134 valence electrons. The average molecular weight is 469 g/mol. The van der Waals surface area contributed by atoms with Crippen molar-refractivity contribution < 1.29 is 0 Å². The van der Waals surface area contributed by atoms with E-state index in [0.29, 0.717) is 12.5 Å². The van der Waals surface area contributed by atoms with Crippen molar-refractivity contribution in [2.24, 2.45) is 4.99 Å². The zero-order chi connectivity index (χ0) is 16.9. The number of hydrogen-bond acceptors (Lipinski definition) is 3. The zero-order valence-electron chi connectivity index (χ0n) is 14.7. The highest BCUT2D eigenvalue weighted by Crippen LogP contribution is 2.15. The van der Waals surface area contributed by atoms with Crippen molar-refractivity contribution in [2.75, 3.05) is 13.6 Å². The number of hydrogen-bond donors (Lipinski definition) is 2. The third kappa shape index (κ3) is 5.18. The maximum atomic E-state index is 4.57. The molecule has 25 heavy (non-hydrogen) atoms. The number of halogens is 1. The summed E-state index contributed by atoms with van der Waals surface area (Å²) in [5.74, 6) is 1.22. The maximum Gasteiger partial charge on any atom is 0.193 e. The van der Waals surface area contributed by atoms with Gasteiger partial charge in [0.05, 0.1) is 12.2 Å². The first-order valence-corrected chi connectivity index (χ1v) is 8.96. The van der Waals surface area contributed by atoms with E-state index in [1.54, 1.807) is 18.4 Å². The molecule has 0 aliphatic carbocycles. The van der Waals surface area contributed by atoms with E-state index >= 15 is 0 Å². The molecule has 1 atom stereocenters. The van der Waals surface area contributed by atoms with Crippen molar-refractivity contribution in [1.29, 1.82) is 0 Å². The molecule has 7 heteroatoms. The number of benzene rings is 1. The first-order chi connectivity index (χ1) is 11.7. The van der Waals surface area contributed by atoms with Crippen LogP contribution >= 0.6 is 35.3 Å². The van der Waals surface area contributed by atoms with Crippen LogP contribution < -0.4 is 10.6 Å². The Labute approximate surface area is 169 Å². The van der Waals surface area contributed by atoms with Gasteiger partial charge in [-0.1, -0.05) is 36.8 Å². The van der Waals surface area contributed by atoms with E-state index < -0.39 is 0 Å². The SMILES string of the molecule is CN=C(NCc1cn2ccsc2n1)NCC(C)c1cccc(C)c1.I. The predicted octanol–water partition coefficient (Wildman–Crippen LogP) is 3.79. The molecule has 3 rings (SSSR count).